The van der Waals surface area contributed by atoms with Gasteiger partial charge in [-0.25, -0.2) is 0 Å². The van der Waals surface area contributed by atoms with E-state index in [1.807, 2.05) is 0 Å². The SMILES string of the molecule is O=C1CC(O)C(=O)[O][Bi]([O]C(=O)CC(O)C(=O)[O][Bi]2[O]C(=O)CC(O)C(=O)[O]2)[O]1. The normalized spacial score (nSPS) is 24.8. The van der Waals surface area contributed by atoms with Gasteiger partial charge in [0.1, 0.15) is 0 Å². The van der Waals surface area contributed by atoms with Gasteiger partial charge in [0.15, 0.2) is 0 Å². The molecule has 0 radical (unpaired) electrons. The van der Waals surface area contributed by atoms with E-state index in [4.69, 9.17) is 0 Å². The van der Waals surface area contributed by atoms with Crippen LogP contribution in [0.3, 0.4) is 0 Å². The zero-order valence-corrected chi connectivity index (χ0v) is 20.9. The summed E-state index contributed by atoms with van der Waals surface area (Å²) in [6, 6.07) is 0. The summed E-state index contributed by atoms with van der Waals surface area (Å²) >= 11 is -8.81. The van der Waals surface area contributed by atoms with Gasteiger partial charge in [0.05, 0.1) is 0 Å². The predicted molar refractivity (Wildman–Crippen MR) is 79.9 cm³/mol. The molecule has 3 unspecified atom stereocenters. The summed E-state index contributed by atoms with van der Waals surface area (Å²) in [4.78, 5) is 68.9. The van der Waals surface area contributed by atoms with Gasteiger partial charge < -0.3 is 0 Å². The zero-order valence-electron chi connectivity index (χ0n) is 14.0. The molecular formula is C12H12Bi2O15. The van der Waals surface area contributed by atoms with Crippen molar-refractivity contribution in [2.75, 3.05) is 0 Å². The second-order valence-electron chi connectivity index (χ2n) is 5.23. The van der Waals surface area contributed by atoms with Crippen LogP contribution in [0.15, 0.2) is 0 Å². The van der Waals surface area contributed by atoms with Crippen LogP contribution in [0, 0.1) is 0 Å². The predicted octanol–water partition coefficient (Wildman–Crippen LogP) is -4.50. The Kier molecular flexibility index (Phi) is 8.58. The van der Waals surface area contributed by atoms with Gasteiger partial charge >= 0.3 is 180 Å². The zero-order chi connectivity index (χ0) is 21.7. The summed E-state index contributed by atoms with van der Waals surface area (Å²) in [6.45, 7) is 0. The van der Waals surface area contributed by atoms with Gasteiger partial charge in [-0.3, -0.25) is 0 Å². The Hall–Kier alpha value is -1.53. The maximum absolute atomic E-state index is 11.8. The fraction of sp³-hybridized carbons (Fsp3) is 0.500. The quantitative estimate of drug-likeness (QED) is 0.223. The Morgan fingerprint density at radius 3 is 1.83 bits per heavy atom. The van der Waals surface area contributed by atoms with Gasteiger partial charge in [-0.1, -0.05) is 0 Å². The third-order valence-electron chi connectivity index (χ3n) is 2.92. The van der Waals surface area contributed by atoms with Gasteiger partial charge in [-0.2, -0.15) is 0 Å². The van der Waals surface area contributed by atoms with E-state index in [-0.39, 0.29) is 0 Å². The molecule has 0 amide bonds. The van der Waals surface area contributed by atoms with Gasteiger partial charge in [0, 0.05) is 0 Å². The van der Waals surface area contributed by atoms with Crippen molar-refractivity contribution in [3.8, 4) is 0 Å². The maximum atomic E-state index is 11.8. The van der Waals surface area contributed by atoms with Crippen LogP contribution in [0.25, 0.3) is 0 Å². The number of carbonyl (C=O) groups excluding carboxylic acids is 6. The molecule has 2 aliphatic heterocycles. The van der Waals surface area contributed by atoms with Crippen LogP contribution < -0.4 is 0 Å². The number of hydrogen-bond donors (Lipinski definition) is 3. The summed E-state index contributed by atoms with van der Waals surface area (Å²) in [5, 5.41) is 28.2. The van der Waals surface area contributed by atoms with E-state index in [0.29, 0.717) is 0 Å². The van der Waals surface area contributed by atoms with Crippen molar-refractivity contribution in [2.24, 2.45) is 0 Å². The molecule has 0 aliphatic carbocycles. The van der Waals surface area contributed by atoms with E-state index in [9.17, 15) is 44.1 Å². The average molecular weight is 814 g/mol. The summed E-state index contributed by atoms with van der Waals surface area (Å²) in [5.74, 6) is -7.28. The minimum absolute atomic E-state index is 0.683. The first kappa shape index (κ1) is 23.7. The van der Waals surface area contributed by atoms with Crippen LogP contribution >= 0.6 is 0 Å². The van der Waals surface area contributed by atoms with Crippen molar-refractivity contribution in [3.63, 3.8) is 0 Å². The van der Waals surface area contributed by atoms with Crippen LogP contribution in [-0.4, -0.2) is 116 Å². The summed E-state index contributed by atoms with van der Waals surface area (Å²) in [5.41, 5.74) is 0. The van der Waals surface area contributed by atoms with E-state index in [2.05, 4.69) is 16.9 Å². The van der Waals surface area contributed by atoms with Crippen molar-refractivity contribution in [1.29, 1.82) is 0 Å². The molecule has 29 heavy (non-hydrogen) atoms. The van der Waals surface area contributed by atoms with Gasteiger partial charge in [0.2, 0.25) is 0 Å². The molecule has 2 rings (SSSR count). The molecule has 2 saturated heterocycles. The van der Waals surface area contributed by atoms with Crippen LogP contribution in [-0.2, 0) is 45.6 Å². The molecule has 3 N–H and O–H groups in total. The third-order valence-corrected chi connectivity index (χ3v) is 10.9. The summed E-state index contributed by atoms with van der Waals surface area (Å²) < 4.78 is 27.6. The number of aliphatic hydroxyl groups excluding tert-OH is 3. The molecule has 17 heteroatoms. The van der Waals surface area contributed by atoms with Gasteiger partial charge in [-0.05, 0) is 0 Å². The van der Waals surface area contributed by atoms with Crippen molar-refractivity contribution < 1.29 is 61.0 Å². The molecule has 0 spiro atoms. The van der Waals surface area contributed by atoms with E-state index < -0.39 is 120 Å². The second kappa shape index (κ2) is 10.5. The van der Waals surface area contributed by atoms with E-state index in [0.717, 1.165) is 0 Å². The molecule has 2 aliphatic rings. The second-order valence-corrected chi connectivity index (χ2v) is 13.0. The topological polar surface area (TPSA) is 218 Å². The Labute approximate surface area is 179 Å². The molecule has 2 heterocycles. The molecule has 0 aromatic carbocycles. The van der Waals surface area contributed by atoms with E-state index >= 15 is 0 Å². The van der Waals surface area contributed by atoms with Crippen molar-refractivity contribution in [1.82, 2.24) is 0 Å². The Morgan fingerprint density at radius 2 is 1.34 bits per heavy atom. The van der Waals surface area contributed by atoms with Crippen LogP contribution in [0.1, 0.15) is 19.3 Å². The Balaban J connectivity index is 1.86. The number of aliphatic hydroxyl groups is 3. The first-order valence-electron chi connectivity index (χ1n) is 7.47. The Bertz CT molecular complexity index is 722. The van der Waals surface area contributed by atoms with Crippen molar-refractivity contribution in [3.05, 3.63) is 0 Å². The minimum atomic E-state index is -4.44. The molecule has 3 atom stereocenters. The molecule has 0 bridgehead atoms. The third kappa shape index (κ3) is 7.34. The summed E-state index contributed by atoms with van der Waals surface area (Å²) in [6.07, 6.45) is -8.09. The molecule has 160 valence electrons. The average Bonchev–Trinajstić information content (AvgIpc) is 2.79. The fourth-order valence-corrected chi connectivity index (χ4v) is 8.41. The standard InChI is InChI=1S/3C4H6O5.2Bi/c3*5-2(4(8)9)1-3(6)7;;/h3*2,5H,1H2,(H,6,7)(H,8,9);;/q;;;2*+3/p-6. The molecule has 15 nitrogen and oxygen atoms in total. The van der Waals surface area contributed by atoms with Crippen LogP contribution in [0.5, 0.6) is 0 Å². The molecule has 0 saturated carbocycles. The van der Waals surface area contributed by atoms with Crippen molar-refractivity contribution >= 4 is 82.0 Å². The van der Waals surface area contributed by atoms with Gasteiger partial charge in [-0.15, -0.1) is 0 Å². The first-order chi connectivity index (χ1) is 13.5. The van der Waals surface area contributed by atoms with Crippen molar-refractivity contribution in [2.45, 2.75) is 37.6 Å². The molecule has 0 aromatic heterocycles. The molecule has 0 aromatic rings. The first-order valence-corrected chi connectivity index (χ1v) is 16.0. The molecule has 2 fully saturated rings. The number of hydrogen-bond acceptors (Lipinski definition) is 15. The van der Waals surface area contributed by atoms with Crippen LogP contribution in [0.2, 0.25) is 0 Å². The summed E-state index contributed by atoms with van der Waals surface area (Å²) in [7, 11) is 0. The van der Waals surface area contributed by atoms with E-state index in [1.165, 1.54) is 0 Å². The molecular weight excluding hydrogens is 802 g/mol. The number of carbonyl (C=O) groups is 6. The van der Waals surface area contributed by atoms with Gasteiger partial charge in [0.25, 0.3) is 0 Å². The monoisotopic (exact) mass is 814 g/mol. The fourth-order valence-electron chi connectivity index (χ4n) is 1.60. The number of rotatable bonds is 5. The Morgan fingerprint density at radius 1 is 0.897 bits per heavy atom. The van der Waals surface area contributed by atoms with Crippen LogP contribution in [0.4, 0.5) is 0 Å². The van der Waals surface area contributed by atoms with E-state index in [1.54, 1.807) is 0 Å².